The summed E-state index contributed by atoms with van der Waals surface area (Å²) in [6, 6.07) is 13.2. The molecule has 0 spiro atoms. The van der Waals surface area contributed by atoms with Gasteiger partial charge >= 0.3 is 0 Å². The van der Waals surface area contributed by atoms with Gasteiger partial charge in [-0.1, -0.05) is 23.2 Å². The Balaban J connectivity index is 1.91. The van der Waals surface area contributed by atoms with Crippen molar-refractivity contribution in [1.29, 1.82) is 0 Å². The van der Waals surface area contributed by atoms with Crippen LogP contribution in [0.1, 0.15) is 16.1 Å². The van der Waals surface area contributed by atoms with Crippen LogP contribution in [0.5, 0.6) is 5.75 Å². The van der Waals surface area contributed by atoms with Gasteiger partial charge in [-0.2, -0.15) is 0 Å². The van der Waals surface area contributed by atoms with Crippen molar-refractivity contribution in [3.63, 3.8) is 0 Å². The summed E-state index contributed by atoms with van der Waals surface area (Å²) < 4.78 is 10.9. The molecule has 0 saturated heterocycles. The maximum Gasteiger partial charge on any atom is 0.257 e. The van der Waals surface area contributed by atoms with Crippen molar-refractivity contribution in [2.75, 3.05) is 12.4 Å². The Labute approximate surface area is 160 Å². The Hall–Kier alpha value is -2.47. The molecule has 3 aromatic rings. The SMILES string of the molecule is COc1ccc(NC(=O)c2ccc(Cl)cc2Cl)cc1-c1ccc(CO)o1. The van der Waals surface area contributed by atoms with Crippen LogP contribution in [0.4, 0.5) is 5.69 Å². The van der Waals surface area contributed by atoms with Gasteiger partial charge in [0, 0.05) is 10.7 Å². The number of halogens is 2. The number of aliphatic hydroxyl groups is 1. The Bertz CT molecular complexity index is 952. The highest BCUT2D eigenvalue weighted by Crippen LogP contribution is 2.34. The first-order valence-corrected chi connectivity index (χ1v) is 8.42. The predicted octanol–water partition coefficient (Wildman–Crippen LogP) is 5.01. The minimum absolute atomic E-state index is 0.201. The summed E-state index contributed by atoms with van der Waals surface area (Å²) >= 11 is 11.9. The number of methoxy groups -OCH3 is 1. The molecule has 1 amide bonds. The number of amides is 1. The van der Waals surface area contributed by atoms with Crippen molar-refractivity contribution in [3.05, 3.63) is 69.9 Å². The number of ether oxygens (including phenoxy) is 1. The molecule has 0 atom stereocenters. The van der Waals surface area contributed by atoms with Crippen LogP contribution in [0.15, 0.2) is 52.9 Å². The number of furan rings is 1. The zero-order chi connectivity index (χ0) is 18.7. The number of hydrogen-bond donors (Lipinski definition) is 2. The molecule has 134 valence electrons. The summed E-state index contributed by atoms with van der Waals surface area (Å²) in [5, 5.41) is 12.7. The molecule has 3 rings (SSSR count). The van der Waals surface area contributed by atoms with Gasteiger partial charge in [-0.25, -0.2) is 0 Å². The zero-order valence-electron chi connectivity index (χ0n) is 13.8. The molecule has 0 aliphatic heterocycles. The Kier molecular flexibility index (Phi) is 5.52. The number of rotatable bonds is 5. The third kappa shape index (κ3) is 3.85. The van der Waals surface area contributed by atoms with Gasteiger partial charge < -0.3 is 19.6 Å². The molecule has 26 heavy (non-hydrogen) atoms. The summed E-state index contributed by atoms with van der Waals surface area (Å²) in [6.45, 7) is -0.201. The summed E-state index contributed by atoms with van der Waals surface area (Å²) in [5.74, 6) is 1.17. The average molecular weight is 392 g/mol. The number of aliphatic hydroxyl groups excluding tert-OH is 1. The smallest absolute Gasteiger partial charge is 0.257 e. The topological polar surface area (TPSA) is 71.7 Å². The van der Waals surface area contributed by atoms with Crippen molar-refractivity contribution in [3.8, 4) is 17.1 Å². The molecule has 1 aromatic heterocycles. The second-order valence-electron chi connectivity index (χ2n) is 5.42. The number of carbonyl (C=O) groups excluding carboxylic acids is 1. The third-order valence-electron chi connectivity index (χ3n) is 3.72. The van der Waals surface area contributed by atoms with Crippen molar-refractivity contribution in [1.82, 2.24) is 0 Å². The van der Waals surface area contributed by atoms with Gasteiger partial charge in [0.25, 0.3) is 5.91 Å². The van der Waals surface area contributed by atoms with Gasteiger partial charge in [-0.05, 0) is 48.5 Å². The fourth-order valence-electron chi connectivity index (χ4n) is 2.46. The van der Waals surface area contributed by atoms with E-state index in [2.05, 4.69) is 5.32 Å². The summed E-state index contributed by atoms with van der Waals surface area (Å²) in [7, 11) is 1.54. The molecule has 0 saturated carbocycles. The monoisotopic (exact) mass is 391 g/mol. The van der Waals surface area contributed by atoms with Crippen LogP contribution >= 0.6 is 23.2 Å². The number of carbonyl (C=O) groups is 1. The molecule has 0 unspecified atom stereocenters. The van der Waals surface area contributed by atoms with E-state index in [4.69, 9.17) is 37.5 Å². The first-order chi connectivity index (χ1) is 12.5. The van der Waals surface area contributed by atoms with E-state index in [1.165, 1.54) is 6.07 Å². The van der Waals surface area contributed by atoms with E-state index in [0.29, 0.717) is 39.1 Å². The highest BCUT2D eigenvalue weighted by molar-refractivity contribution is 6.37. The van der Waals surface area contributed by atoms with E-state index >= 15 is 0 Å². The normalized spacial score (nSPS) is 10.6. The maximum atomic E-state index is 12.5. The van der Waals surface area contributed by atoms with Gasteiger partial charge in [-0.3, -0.25) is 4.79 Å². The van der Waals surface area contributed by atoms with E-state index in [1.54, 1.807) is 49.6 Å². The molecule has 5 nitrogen and oxygen atoms in total. The van der Waals surface area contributed by atoms with Gasteiger partial charge in [0.1, 0.15) is 23.9 Å². The number of anilines is 1. The van der Waals surface area contributed by atoms with Crippen LogP contribution in [0.2, 0.25) is 10.0 Å². The van der Waals surface area contributed by atoms with Gasteiger partial charge in [0.2, 0.25) is 0 Å². The number of hydrogen-bond acceptors (Lipinski definition) is 4. The second kappa shape index (κ2) is 7.83. The molecule has 0 radical (unpaired) electrons. The molecule has 0 aliphatic rings. The van der Waals surface area contributed by atoms with Crippen LogP contribution in [0, 0.1) is 0 Å². The predicted molar refractivity (Wildman–Crippen MR) is 101 cm³/mol. The van der Waals surface area contributed by atoms with Gasteiger partial charge in [-0.15, -0.1) is 0 Å². The van der Waals surface area contributed by atoms with Crippen LogP contribution in [0.3, 0.4) is 0 Å². The van der Waals surface area contributed by atoms with Crippen molar-refractivity contribution >= 4 is 34.8 Å². The minimum Gasteiger partial charge on any atom is -0.496 e. The van der Waals surface area contributed by atoms with Gasteiger partial charge in [0.15, 0.2) is 0 Å². The Morgan fingerprint density at radius 1 is 1.15 bits per heavy atom. The largest absolute Gasteiger partial charge is 0.496 e. The molecule has 0 aliphatic carbocycles. The van der Waals surface area contributed by atoms with Crippen LogP contribution in [0.25, 0.3) is 11.3 Å². The summed E-state index contributed by atoms with van der Waals surface area (Å²) in [4.78, 5) is 12.5. The lowest BCUT2D eigenvalue weighted by molar-refractivity contribution is 0.102. The Morgan fingerprint density at radius 3 is 2.62 bits per heavy atom. The molecule has 7 heteroatoms. The first-order valence-electron chi connectivity index (χ1n) is 7.66. The number of nitrogens with one attached hydrogen (secondary N) is 1. The maximum absolute atomic E-state index is 12.5. The molecule has 1 heterocycles. The lowest BCUT2D eigenvalue weighted by Gasteiger charge is -2.11. The lowest BCUT2D eigenvalue weighted by Crippen LogP contribution is -2.12. The summed E-state index contributed by atoms with van der Waals surface area (Å²) in [5.41, 5.74) is 1.50. The molecular formula is C19H15Cl2NO4. The van der Waals surface area contributed by atoms with E-state index < -0.39 is 0 Å². The molecule has 2 aromatic carbocycles. The molecule has 2 N–H and O–H groups in total. The van der Waals surface area contributed by atoms with Crippen molar-refractivity contribution in [2.45, 2.75) is 6.61 Å². The van der Waals surface area contributed by atoms with Crippen LogP contribution < -0.4 is 10.1 Å². The lowest BCUT2D eigenvalue weighted by atomic mass is 10.1. The first kappa shape index (κ1) is 18.3. The molecule has 0 bridgehead atoms. The van der Waals surface area contributed by atoms with E-state index in [1.807, 2.05) is 0 Å². The third-order valence-corrected chi connectivity index (χ3v) is 4.26. The second-order valence-corrected chi connectivity index (χ2v) is 6.26. The minimum atomic E-state index is -0.363. The zero-order valence-corrected chi connectivity index (χ0v) is 15.3. The van der Waals surface area contributed by atoms with Crippen molar-refractivity contribution < 1.29 is 19.1 Å². The van der Waals surface area contributed by atoms with Crippen molar-refractivity contribution in [2.24, 2.45) is 0 Å². The average Bonchev–Trinajstić information content (AvgIpc) is 3.10. The molecule has 0 fully saturated rings. The highest BCUT2D eigenvalue weighted by Gasteiger charge is 2.15. The van der Waals surface area contributed by atoms with E-state index in [9.17, 15) is 4.79 Å². The van der Waals surface area contributed by atoms with E-state index in [-0.39, 0.29) is 17.5 Å². The quantitative estimate of drug-likeness (QED) is 0.641. The van der Waals surface area contributed by atoms with Crippen LogP contribution in [-0.2, 0) is 6.61 Å². The van der Waals surface area contributed by atoms with E-state index in [0.717, 1.165) is 0 Å². The fourth-order valence-corrected chi connectivity index (χ4v) is 2.95. The molecular weight excluding hydrogens is 377 g/mol. The van der Waals surface area contributed by atoms with Gasteiger partial charge in [0.05, 0.1) is 23.3 Å². The fraction of sp³-hybridized carbons (Fsp3) is 0.105. The highest BCUT2D eigenvalue weighted by atomic mass is 35.5. The summed E-state index contributed by atoms with van der Waals surface area (Å²) in [6.07, 6.45) is 0. The number of benzene rings is 2. The standard InChI is InChI=1S/C19H15Cl2NO4/c1-25-17-6-3-12(9-15(17)18-7-4-13(10-23)26-18)22-19(24)14-5-2-11(20)8-16(14)21/h2-9,23H,10H2,1H3,(H,22,24). The van der Waals surface area contributed by atoms with Crippen LogP contribution in [-0.4, -0.2) is 18.1 Å². The Morgan fingerprint density at radius 2 is 1.96 bits per heavy atom.